The molecule has 184 valence electrons. The number of anilines is 1. The Morgan fingerprint density at radius 3 is 2.29 bits per heavy atom. The van der Waals surface area contributed by atoms with Crippen molar-refractivity contribution in [3.63, 3.8) is 0 Å². The van der Waals surface area contributed by atoms with Crippen molar-refractivity contribution in [3.05, 3.63) is 54.1 Å². The summed E-state index contributed by atoms with van der Waals surface area (Å²) in [6, 6.07) is 12.5. The highest BCUT2D eigenvalue weighted by Gasteiger charge is 2.27. The van der Waals surface area contributed by atoms with Crippen LogP contribution in [-0.2, 0) is 19.5 Å². The summed E-state index contributed by atoms with van der Waals surface area (Å²) in [4.78, 5) is 24.2. The van der Waals surface area contributed by atoms with E-state index in [0.29, 0.717) is 43.7 Å². The normalized spacial score (nSPS) is 18.0. The smallest absolute Gasteiger partial charge is 0.407 e. The second-order valence-corrected chi connectivity index (χ2v) is 9.88. The Balaban J connectivity index is 1.60. The largest absolute Gasteiger partial charge is 0.495 e. The second kappa shape index (κ2) is 11.2. The molecule has 0 unspecified atom stereocenters. The van der Waals surface area contributed by atoms with Crippen molar-refractivity contribution < 1.29 is 32.2 Å². The fourth-order valence-corrected chi connectivity index (χ4v) is 5.03. The average molecular weight is 491 g/mol. The highest BCUT2D eigenvalue weighted by molar-refractivity contribution is 7.92. The first-order valence-electron chi connectivity index (χ1n) is 11.1. The SMILES string of the molecule is CCOC(=O)NC1CCC(OC(=O)c2ccc(S(=O)(=O)N(C)c3ccccc3OC)cc2)CC1. The van der Waals surface area contributed by atoms with Gasteiger partial charge in [0.1, 0.15) is 11.9 Å². The van der Waals surface area contributed by atoms with Crippen LogP contribution in [-0.4, -0.2) is 53.4 Å². The van der Waals surface area contributed by atoms with E-state index in [4.69, 9.17) is 14.2 Å². The monoisotopic (exact) mass is 490 g/mol. The number of hydrogen-bond acceptors (Lipinski definition) is 7. The number of carbonyl (C=O) groups excluding carboxylic acids is 2. The van der Waals surface area contributed by atoms with Gasteiger partial charge in [-0.2, -0.15) is 0 Å². The molecule has 3 rings (SSSR count). The number of amides is 1. The third kappa shape index (κ3) is 5.99. The van der Waals surface area contributed by atoms with Crippen LogP contribution in [0.1, 0.15) is 43.0 Å². The van der Waals surface area contributed by atoms with E-state index in [1.807, 2.05) is 0 Å². The number of nitrogens with one attached hydrogen (secondary N) is 1. The molecular formula is C24H30N2O7S. The molecule has 10 heteroatoms. The molecule has 1 saturated carbocycles. The summed E-state index contributed by atoms with van der Waals surface area (Å²) in [5, 5.41) is 2.80. The van der Waals surface area contributed by atoms with Gasteiger partial charge in [0.2, 0.25) is 0 Å². The zero-order valence-electron chi connectivity index (χ0n) is 19.5. The van der Waals surface area contributed by atoms with Gasteiger partial charge in [0.25, 0.3) is 10.0 Å². The minimum Gasteiger partial charge on any atom is -0.495 e. The molecule has 9 nitrogen and oxygen atoms in total. The Labute approximate surface area is 200 Å². The van der Waals surface area contributed by atoms with Crippen molar-refractivity contribution in [1.82, 2.24) is 5.32 Å². The van der Waals surface area contributed by atoms with Crippen LogP contribution < -0.4 is 14.4 Å². The number of para-hydroxylation sites is 2. The number of hydrogen-bond donors (Lipinski definition) is 1. The van der Waals surface area contributed by atoms with E-state index >= 15 is 0 Å². The summed E-state index contributed by atoms with van der Waals surface area (Å²) in [7, 11) is -0.936. The molecule has 2 aromatic rings. The van der Waals surface area contributed by atoms with Gasteiger partial charge in [-0.3, -0.25) is 4.31 Å². The molecule has 0 saturated heterocycles. The van der Waals surface area contributed by atoms with Gasteiger partial charge in [-0.25, -0.2) is 18.0 Å². The first kappa shape index (κ1) is 25.4. The summed E-state index contributed by atoms with van der Waals surface area (Å²) >= 11 is 0. The van der Waals surface area contributed by atoms with Crippen molar-refractivity contribution in [2.75, 3.05) is 25.1 Å². The highest BCUT2D eigenvalue weighted by Crippen LogP contribution is 2.31. The van der Waals surface area contributed by atoms with E-state index in [9.17, 15) is 18.0 Å². The quantitative estimate of drug-likeness (QED) is 0.561. The van der Waals surface area contributed by atoms with Gasteiger partial charge in [-0.15, -0.1) is 0 Å². The number of esters is 1. The van der Waals surface area contributed by atoms with Gasteiger partial charge < -0.3 is 19.5 Å². The predicted octanol–water partition coefficient (Wildman–Crippen LogP) is 3.73. The number of benzene rings is 2. The lowest BCUT2D eigenvalue weighted by Crippen LogP contribution is -2.39. The maximum absolute atomic E-state index is 13.1. The summed E-state index contributed by atoms with van der Waals surface area (Å²) in [6.07, 6.45) is 1.92. The Kier molecular flexibility index (Phi) is 8.38. The molecule has 0 aromatic heterocycles. The number of rotatable bonds is 8. The lowest BCUT2D eigenvalue weighted by molar-refractivity contribution is 0.0183. The van der Waals surface area contributed by atoms with E-state index in [1.165, 1.54) is 38.4 Å². The Morgan fingerprint density at radius 2 is 1.68 bits per heavy atom. The molecule has 0 atom stereocenters. The summed E-state index contributed by atoms with van der Waals surface area (Å²) in [5.74, 6) is -0.0789. The van der Waals surface area contributed by atoms with Crippen LogP contribution in [0.15, 0.2) is 53.4 Å². The number of ether oxygens (including phenoxy) is 3. The number of carbonyl (C=O) groups is 2. The minimum atomic E-state index is -3.86. The first-order valence-corrected chi connectivity index (χ1v) is 12.6. The molecule has 0 radical (unpaired) electrons. The summed E-state index contributed by atoms with van der Waals surface area (Å²) in [6.45, 7) is 2.06. The zero-order valence-corrected chi connectivity index (χ0v) is 20.3. The Hall–Kier alpha value is -3.27. The zero-order chi connectivity index (χ0) is 24.7. The van der Waals surface area contributed by atoms with Crippen LogP contribution in [0.4, 0.5) is 10.5 Å². The molecule has 0 bridgehead atoms. The van der Waals surface area contributed by atoms with Crippen LogP contribution >= 0.6 is 0 Å². The second-order valence-electron chi connectivity index (χ2n) is 7.91. The topological polar surface area (TPSA) is 111 Å². The molecule has 0 heterocycles. The minimum absolute atomic E-state index is 0.00118. The highest BCUT2D eigenvalue weighted by atomic mass is 32.2. The molecular weight excluding hydrogens is 460 g/mol. The summed E-state index contributed by atoms with van der Waals surface area (Å²) < 4.78 is 43.0. The molecule has 0 spiro atoms. The molecule has 1 aliphatic rings. The first-order chi connectivity index (χ1) is 16.3. The number of nitrogens with zero attached hydrogens (tertiary/aromatic N) is 1. The molecule has 0 aliphatic heterocycles. The molecule has 1 N–H and O–H groups in total. The average Bonchev–Trinajstić information content (AvgIpc) is 2.85. The van der Waals surface area contributed by atoms with Crippen LogP contribution in [0.2, 0.25) is 0 Å². The predicted molar refractivity (Wildman–Crippen MR) is 127 cm³/mol. The van der Waals surface area contributed by atoms with Crippen LogP contribution in [0, 0.1) is 0 Å². The fraction of sp³-hybridized carbons (Fsp3) is 0.417. The van der Waals surface area contributed by atoms with Gasteiger partial charge >= 0.3 is 12.1 Å². The van der Waals surface area contributed by atoms with Crippen molar-refractivity contribution in [2.45, 2.75) is 49.6 Å². The standard InChI is InChI=1S/C24H30N2O7S/c1-4-32-24(28)25-18-11-13-19(14-12-18)33-23(27)17-9-15-20(16-10-17)34(29,30)26(2)21-7-5-6-8-22(21)31-3/h5-10,15-16,18-19H,4,11-14H2,1-3H3,(H,25,28). The number of alkyl carbamates (subject to hydrolysis) is 1. The third-order valence-corrected chi connectivity index (χ3v) is 7.50. The van der Waals surface area contributed by atoms with Crippen molar-refractivity contribution in [2.24, 2.45) is 0 Å². The number of sulfonamides is 1. The van der Waals surface area contributed by atoms with Gasteiger partial charge in [-0.1, -0.05) is 12.1 Å². The van der Waals surface area contributed by atoms with E-state index in [1.54, 1.807) is 31.2 Å². The van der Waals surface area contributed by atoms with Gasteiger partial charge in [0.05, 0.1) is 29.9 Å². The lowest BCUT2D eigenvalue weighted by atomic mass is 9.93. The van der Waals surface area contributed by atoms with E-state index in [0.717, 1.165) is 4.31 Å². The van der Waals surface area contributed by atoms with Gasteiger partial charge in [0.15, 0.2) is 0 Å². The van der Waals surface area contributed by atoms with Crippen LogP contribution in [0.5, 0.6) is 5.75 Å². The number of methoxy groups -OCH3 is 1. The van der Waals surface area contributed by atoms with E-state index in [-0.39, 0.29) is 22.6 Å². The van der Waals surface area contributed by atoms with Crippen molar-refractivity contribution in [3.8, 4) is 5.75 Å². The molecule has 1 amide bonds. The summed E-state index contributed by atoms with van der Waals surface area (Å²) in [5.41, 5.74) is 0.673. The van der Waals surface area contributed by atoms with E-state index in [2.05, 4.69) is 5.32 Å². The Bertz CT molecular complexity index is 1090. The third-order valence-electron chi connectivity index (χ3n) is 5.72. The van der Waals surface area contributed by atoms with E-state index < -0.39 is 22.1 Å². The Morgan fingerprint density at radius 1 is 1.03 bits per heavy atom. The lowest BCUT2D eigenvalue weighted by Gasteiger charge is -2.28. The van der Waals surface area contributed by atoms with Gasteiger partial charge in [0, 0.05) is 13.1 Å². The fourth-order valence-electron chi connectivity index (χ4n) is 3.82. The van der Waals surface area contributed by atoms with Crippen LogP contribution in [0.3, 0.4) is 0 Å². The van der Waals surface area contributed by atoms with Crippen molar-refractivity contribution in [1.29, 1.82) is 0 Å². The van der Waals surface area contributed by atoms with Crippen LogP contribution in [0.25, 0.3) is 0 Å². The molecule has 34 heavy (non-hydrogen) atoms. The molecule has 2 aromatic carbocycles. The molecule has 1 aliphatic carbocycles. The van der Waals surface area contributed by atoms with Crippen molar-refractivity contribution >= 4 is 27.8 Å². The molecule has 1 fully saturated rings. The maximum Gasteiger partial charge on any atom is 0.407 e. The van der Waals surface area contributed by atoms with Gasteiger partial charge in [-0.05, 0) is 69.0 Å². The maximum atomic E-state index is 13.1.